The van der Waals surface area contributed by atoms with E-state index in [0.717, 1.165) is 25.7 Å². The standard InChI is InChI=1S/C19H30N5O9P/c1-2-3-4-5-12-10(6-15(26)33-12)21-19-22-17-16(18(27)23-19)20-9-24(17)14-7-11(25)13(32-14)8-31-34(28,29)30/h9-15,25-26H,2-8H2,1H3,(H2,28,29,30)(H2,21,22,23,27)/t10-,11-,12-,13+,14+,15+/m0/s1. The van der Waals surface area contributed by atoms with E-state index in [1.807, 2.05) is 0 Å². The number of unbranched alkanes of at least 4 members (excludes halogenated alkanes) is 2. The molecule has 0 unspecified atom stereocenters. The van der Waals surface area contributed by atoms with Crippen LogP contribution in [-0.2, 0) is 18.6 Å². The second-order valence-corrected chi connectivity index (χ2v) is 9.81. The molecule has 2 aliphatic heterocycles. The molecular formula is C19H30N5O9P. The summed E-state index contributed by atoms with van der Waals surface area (Å²) >= 11 is 0. The lowest BCUT2D eigenvalue weighted by Gasteiger charge is -2.20. The SMILES string of the molecule is CCCCC[C@@H]1O[C@@H](O)C[C@@H]1Nc1nc2c(ncn2[C@H]2C[C@H](O)[C@@H](COP(=O)(O)O)O2)c(=O)[nH]1. The van der Waals surface area contributed by atoms with Gasteiger partial charge in [-0.2, -0.15) is 4.98 Å². The van der Waals surface area contributed by atoms with Crippen LogP contribution in [0.3, 0.4) is 0 Å². The van der Waals surface area contributed by atoms with Crippen LogP contribution in [0.25, 0.3) is 11.2 Å². The zero-order valence-corrected chi connectivity index (χ0v) is 19.5. The molecule has 4 heterocycles. The number of ether oxygens (including phenoxy) is 2. The number of aliphatic hydroxyl groups is 2. The maximum Gasteiger partial charge on any atom is 0.469 e. The number of phosphoric ester groups is 1. The lowest BCUT2D eigenvalue weighted by molar-refractivity contribution is -0.0924. The summed E-state index contributed by atoms with van der Waals surface area (Å²) in [5, 5.41) is 23.4. The molecular weight excluding hydrogens is 473 g/mol. The lowest BCUT2D eigenvalue weighted by Crippen LogP contribution is -2.31. The van der Waals surface area contributed by atoms with Gasteiger partial charge in [-0.1, -0.05) is 26.2 Å². The van der Waals surface area contributed by atoms with Gasteiger partial charge in [0, 0.05) is 12.8 Å². The minimum Gasteiger partial charge on any atom is -0.390 e. The highest BCUT2D eigenvalue weighted by molar-refractivity contribution is 7.46. The molecule has 15 heteroatoms. The van der Waals surface area contributed by atoms with Crippen molar-refractivity contribution >= 4 is 24.9 Å². The summed E-state index contributed by atoms with van der Waals surface area (Å²) in [6, 6.07) is -0.248. The van der Waals surface area contributed by atoms with Crippen LogP contribution >= 0.6 is 7.82 Å². The number of aromatic amines is 1. The quantitative estimate of drug-likeness (QED) is 0.192. The van der Waals surface area contributed by atoms with Crippen molar-refractivity contribution in [3.8, 4) is 0 Å². The number of fused-ring (bicyclic) bond motifs is 1. The van der Waals surface area contributed by atoms with Crippen LogP contribution in [0, 0.1) is 0 Å². The first-order valence-corrected chi connectivity index (χ1v) is 12.8. The van der Waals surface area contributed by atoms with Crippen molar-refractivity contribution in [3.05, 3.63) is 16.7 Å². The van der Waals surface area contributed by atoms with Gasteiger partial charge in [0.15, 0.2) is 17.5 Å². The number of aromatic nitrogens is 4. The Morgan fingerprint density at radius 1 is 1.26 bits per heavy atom. The molecule has 0 bridgehead atoms. The van der Waals surface area contributed by atoms with Crippen molar-refractivity contribution in [1.82, 2.24) is 19.5 Å². The maximum atomic E-state index is 12.6. The fourth-order valence-electron chi connectivity index (χ4n) is 4.33. The van der Waals surface area contributed by atoms with Crippen molar-refractivity contribution < 1.29 is 38.6 Å². The highest BCUT2D eigenvalue weighted by Gasteiger charge is 2.38. The molecule has 4 rings (SSSR count). The molecule has 0 amide bonds. The van der Waals surface area contributed by atoms with Gasteiger partial charge >= 0.3 is 7.82 Å². The summed E-state index contributed by atoms with van der Waals surface area (Å²) in [7, 11) is -4.71. The lowest BCUT2D eigenvalue weighted by atomic mass is 10.0. The third kappa shape index (κ3) is 5.83. The van der Waals surface area contributed by atoms with Crippen molar-refractivity contribution in [1.29, 1.82) is 0 Å². The van der Waals surface area contributed by atoms with Gasteiger partial charge in [0.05, 0.1) is 31.2 Å². The largest absolute Gasteiger partial charge is 0.469 e. The number of anilines is 1. The molecule has 0 aromatic carbocycles. The maximum absolute atomic E-state index is 12.6. The number of aliphatic hydroxyl groups excluding tert-OH is 2. The first kappa shape index (κ1) is 25.2. The molecule has 0 radical (unpaired) electrons. The smallest absolute Gasteiger partial charge is 0.390 e. The van der Waals surface area contributed by atoms with Crippen LogP contribution in [0.2, 0.25) is 0 Å². The Labute approximate surface area is 194 Å². The number of H-pyrrole nitrogens is 1. The van der Waals surface area contributed by atoms with Crippen LogP contribution in [0.15, 0.2) is 11.1 Å². The molecule has 0 saturated carbocycles. The number of rotatable bonds is 10. The molecule has 0 aliphatic carbocycles. The summed E-state index contributed by atoms with van der Waals surface area (Å²) < 4.78 is 28.2. The molecule has 0 spiro atoms. The third-order valence-electron chi connectivity index (χ3n) is 6.00. The van der Waals surface area contributed by atoms with E-state index in [1.165, 1.54) is 10.9 Å². The van der Waals surface area contributed by atoms with Gasteiger partial charge in [0.1, 0.15) is 12.3 Å². The van der Waals surface area contributed by atoms with Gasteiger partial charge in [-0.15, -0.1) is 0 Å². The number of hydrogen-bond acceptors (Lipinski definition) is 10. The number of hydrogen-bond donors (Lipinski definition) is 6. The highest BCUT2D eigenvalue weighted by Crippen LogP contribution is 2.38. The van der Waals surface area contributed by atoms with E-state index in [2.05, 4.69) is 31.7 Å². The predicted molar refractivity (Wildman–Crippen MR) is 118 cm³/mol. The number of imidazole rings is 1. The average molecular weight is 503 g/mol. The molecule has 34 heavy (non-hydrogen) atoms. The Bertz CT molecular complexity index is 1090. The Morgan fingerprint density at radius 3 is 2.79 bits per heavy atom. The predicted octanol–water partition coefficient (Wildman–Crippen LogP) is 0.345. The topological polar surface area (TPSA) is 201 Å². The van der Waals surface area contributed by atoms with Gasteiger partial charge in [-0.05, 0) is 6.42 Å². The Hall–Kier alpha value is -1.90. The van der Waals surface area contributed by atoms with Crippen molar-refractivity contribution in [3.63, 3.8) is 0 Å². The zero-order chi connectivity index (χ0) is 24.5. The van der Waals surface area contributed by atoms with Crippen molar-refractivity contribution in [2.24, 2.45) is 0 Å². The van der Waals surface area contributed by atoms with Gasteiger partial charge in [-0.25, -0.2) is 9.55 Å². The molecule has 2 aromatic heterocycles. The fraction of sp³-hybridized carbons (Fsp3) is 0.737. The molecule has 6 N–H and O–H groups in total. The first-order valence-electron chi connectivity index (χ1n) is 11.2. The normalized spacial score (nSPS) is 29.8. The van der Waals surface area contributed by atoms with Crippen molar-refractivity contribution in [2.45, 2.75) is 82.3 Å². The van der Waals surface area contributed by atoms with E-state index >= 15 is 0 Å². The van der Waals surface area contributed by atoms with Crippen LogP contribution in [0.1, 0.15) is 51.7 Å². The van der Waals surface area contributed by atoms with E-state index < -0.39 is 44.7 Å². The zero-order valence-electron chi connectivity index (χ0n) is 18.6. The molecule has 6 atom stereocenters. The van der Waals surface area contributed by atoms with E-state index in [1.54, 1.807) is 0 Å². The fourth-order valence-corrected chi connectivity index (χ4v) is 4.67. The number of nitrogens with zero attached hydrogens (tertiary/aromatic N) is 3. The van der Waals surface area contributed by atoms with Gasteiger partial charge < -0.3 is 34.8 Å². The Morgan fingerprint density at radius 2 is 2.06 bits per heavy atom. The summed E-state index contributed by atoms with van der Waals surface area (Å²) in [4.78, 5) is 41.6. The van der Waals surface area contributed by atoms with Gasteiger partial charge in [0.2, 0.25) is 5.95 Å². The second kappa shape index (κ2) is 10.4. The van der Waals surface area contributed by atoms with Crippen LogP contribution < -0.4 is 10.9 Å². The molecule has 2 saturated heterocycles. The Kier molecular flexibility index (Phi) is 7.69. The number of phosphoric acid groups is 1. The minimum atomic E-state index is -4.71. The summed E-state index contributed by atoms with van der Waals surface area (Å²) in [5.41, 5.74) is -0.198. The molecule has 190 valence electrons. The summed E-state index contributed by atoms with van der Waals surface area (Å²) in [6.07, 6.45) is 1.70. The van der Waals surface area contributed by atoms with Crippen LogP contribution in [0.5, 0.6) is 0 Å². The average Bonchev–Trinajstić information content (AvgIpc) is 3.43. The first-order chi connectivity index (χ1) is 16.1. The third-order valence-corrected chi connectivity index (χ3v) is 6.49. The van der Waals surface area contributed by atoms with Gasteiger partial charge in [-0.3, -0.25) is 18.9 Å². The van der Waals surface area contributed by atoms with Crippen molar-refractivity contribution in [2.75, 3.05) is 11.9 Å². The Balaban J connectivity index is 1.51. The highest BCUT2D eigenvalue weighted by atomic mass is 31.2. The molecule has 2 fully saturated rings. The monoisotopic (exact) mass is 503 g/mol. The van der Waals surface area contributed by atoms with E-state index in [9.17, 15) is 19.6 Å². The number of nitrogens with one attached hydrogen (secondary N) is 2. The van der Waals surface area contributed by atoms with Gasteiger partial charge in [0.25, 0.3) is 5.56 Å². The summed E-state index contributed by atoms with van der Waals surface area (Å²) in [6.45, 7) is 1.60. The molecule has 2 aromatic rings. The van der Waals surface area contributed by atoms with Crippen LogP contribution in [0.4, 0.5) is 5.95 Å². The molecule has 2 aliphatic rings. The van der Waals surface area contributed by atoms with E-state index in [-0.39, 0.29) is 35.7 Å². The van der Waals surface area contributed by atoms with E-state index in [4.69, 9.17) is 19.3 Å². The molecule has 14 nitrogen and oxygen atoms in total. The van der Waals surface area contributed by atoms with Crippen LogP contribution in [-0.4, -0.2) is 76.8 Å². The minimum absolute atomic E-state index is 0.0701. The second-order valence-electron chi connectivity index (χ2n) is 8.57. The van der Waals surface area contributed by atoms with E-state index in [0.29, 0.717) is 6.42 Å². The summed E-state index contributed by atoms with van der Waals surface area (Å²) in [5.74, 6) is 0.183.